The summed E-state index contributed by atoms with van der Waals surface area (Å²) in [4.78, 5) is 10.1. The SMILES string of the molecule is O=C(O)O[C@@H]1C=CO[C@H](CO)[C@@H]1O. The molecular formula is C7H10O6. The number of carboxylic acid groups (broad SMARTS) is 1. The Bertz CT molecular complexity index is 213. The van der Waals surface area contributed by atoms with Gasteiger partial charge in [-0.1, -0.05) is 0 Å². The maximum absolute atomic E-state index is 10.1. The van der Waals surface area contributed by atoms with Crippen LogP contribution in [0, 0.1) is 0 Å². The lowest BCUT2D eigenvalue weighted by Gasteiger charge is -2.28. The topological polar surface area (TPSA) is 96.2 Å². The number of ether oxygens (including phenoxy) is 2. The monoisotopic (exact) mass is 190 g/mol. The van der Waals surface area contributed by atoms with Gasteiger partial charge in [0.1, 0.15) is 6.10 Å². The van der Waals surface area contributed by atoms with E-state index >= 15 is 0 Å². The molecule has 0 fully saturated rings. The van der Waals surface area contributed by atoms with Gasteiger partial charge in [0, 0.05) is 0 Å². The highest BCUT2D eigenvalue weighted by molar-refractivity contribution is 5.57. The van der Waals surface area contributed by atoms with Gasteiger partial charge in [-0.3, -0.25) is 0 Å². The van der Waals surface area contributed by atoms with E-state index in [-0.39, 0.29) is 0 Å². The summed E-state index contributed by atoms with van der Waals surface area (Å²) in [6, 6.07) is 0. The minimum absolute atomic E-state index is 0.398. The highest BCUT2D eigenvalue weighted by Crippen LogP contribution is 2.14. The van der Waals surface area contributed by atoms with Gasteiger partial charge in [0.2, 0.25) is 0 Å². The Morgan fingerprint density at radius 1 is 1.62 bits per heavy atom. The number of rotatable bonds is 2. The van der Waals surface area contributed by atoms with Crippen LogP contribution in [0.2, 0.25) is 0 Å². The molecule has 1 aliphatic rings. The van der Waals surface area contributed by atoms with Crippen molar-refractivity contribution in [3.05, 3.63) is 12.3 Å². The van der Waals surface area contributed by atoms with Crippen molar-refractivity contribution in [3.63, 3.8) is 0 Å². The van der Waals surface area contributed by atoms with Gasteiger partial charge >= 0.3 is 6.16 Å². The lowest BCUT2D eigenvalue weighted by atomic mass is 10.1. The van der Waals surface area contributed by atoms with Crippen molar-refractivity contribution in [2.45, 2.75) is 18.3 Å². The van der Waals surface area contributed by atoms with Gasteiger partial charge in [-0.15, -0.1) is 0 Å². The predicted octanol–water partition coefficient (Wildman–Crippen LogP) is -0.685. The Morgan fingerprint density at radius 2 is 2.31 bits per heavy atom. The van der Waals surface area contributed by atoms with Crippen LogP contribution in [0.5, 0.6) is 0 Å². The standard InChI is InChI=1S/C7H10O6/c8-3-5-6(9)4(1-2-12-5)13-7(10)11/h1-2,4-6,8-9H,3H2,(H,10,11)/t4-,5-,6-/m1/s1. The fourth-order valence-corrected chi connectivity index (χ4v) is 1.01. The number of aliphatic hydroxyl groups excluding tert-OH is 2. The lowest BCUT2D eigenvalue weighted by Crippen LogP contribution is -2.44. The van der Waals surface area contributed by atoms with Crippen molar-refractivity contribution < 1.29 is 29.6 Å². The molecule has 0 spiro atoms. The van der Waals surface area contributed by atoms with E-state index in [9.17, 15) is 9.90 Å². The fourth-order valence-electron chi connectivity index (χ4n) is 1.01. The van der Waals surface area contributed by atoms with Gasteiger partial charge in [-0.05, 0) is 6.08 Å². The van der Waals surface area contributed by atoms with Gasteiger partial charge in [-0.25, -0.2) is 4.79 Å². The van der Waals surface area contributed by atoms with Crippen molar-refractivity contribution >= 4 is 6.16 Å². The normalized spacial score (nSPS) is 32.3. The minimum atomic E-state index is -1.48. The van der Waals surface area contributed by atoms with Gasteiger partial charge in [-0.2, -0.15) is 0 Å². The first-order chi connectivity index (χ1) is 6.15. The van der Waals surface area contributed by atoms with Crippen LogP contribution >= 0.6 is 0 Å². The molecule has 0 saturated heterocycles. The number of hydrogen-bond donors (Lipinski definition) is 3. The molecule has 0 unspecified atom stereocenters. The second-order valence-electron chi connectivity index (χ2n) is 2.52. The van der Waals surface area contributed by atoms with Crippen LogP contribution in [0.3, 0.4) is 0 Å². The molecule has 13 heavy (non-hydrogen) atoms. The van der Waals surface area contributed by atoms with E-state index in [0.717, 1.165) is 0 Å². The van der Waals surface area contributed by atoms with Crippen molar-refractivity contribution in [3.8, 4) is 0 Å². The van der Waals surface area contributed by atoms with E-state index in [2.05, 4.69) is 4.74 Å². The van der Waals surface area contributed by atoms with E-state index < -0.39 is 31.1 Å². The van der Waals surface area contributed by atoms with Crippen LogP contribution in [0.15, 0.2) is 12.3 Å². The van der Waals surface area contributed by atoms with Crippen molar-refractivity contribution in [1.29, 1.82) is 0 Å². The second kappa shape index (κ2) is 4.11. The first kappa shape index (κ1) is 9.82. The maximum Gasteiger partial charge on any atom is 0.506 e. The van der Waals surface area contributed by atoms with Crippen LogP contribution in [0.1, 0.15) is 0 Å². The van der Waals surface area contributed by atoms with E-state index in [4.69, 9.17) is 14.9 Å². The number of aliphatic hydroxyl groups is 2. The summed E-state index contributed by atoms with van der Waals surface area (Å²) in [6.45, 7) is -0.398. The van der Waals surface area contributed by atoms with Crippen LogP contribution in [0.4, 0.5) is 4.79 Å². The first-order valence-corrected chi connectivity index (χ1v) is 3.65. The fraction of sp³-hybridized carbons (Fsp3) is 0.571. The molecule has 3 N–H and O–H groups in total. The van der Waals surface area contributed by atoms with Crippen LogP contribution in [-0.2, 0) is 9.47 Å². The summed E-state index contributed by atoms with van der Waals surface area (Å²) < 4.78 is 9.12. The van der Waals surface area contributed by atoms with Gasteiger partial charge in [0.15, 0.2) is 12.2 Å². The molecule has 0 aromatic heterocycles. The third-order valence-electron chi connectivity index (χ3n) is 1.66. The summed E-state index contributed by atoms with van der Waals surface area (Å²) >= 11 is 0. The van der Waals surface area contributed by atoms with Crippen LogP contribution in [-0.4, -0.2) is 46.4 Å². The smallest absolute Gasteiger partial charge is 0.493 e. The minimum Gasteiger partial charge on any atom is -0.493 e. The maximum atomic E-state index is 10.1. The summed E-state index contributed by atoms with van der Waals surface area (Å²) in [5, 5.41) is 26.3. The third kappa shape index (κ3) is 2.33. The zero-order valence-electron chi connectivity index (χ0n) is 6.66. The predicted molar refractivity (Wildman–Crippen MR) is 40.0 cm³/mol. The Balaban J connectivity index is 2.59. The molecule has 0 saturated carbocycles. The molecule has 6 nitrogen and oxygen atoms in total. The second-order valence-corrected chi connectivity index (χ2v) is 2.52. The van der Waals surface area contributed by atoms with Crippen molar-refractivity contribution in [2.75, 3.05) is 6.61 Å². The molecule has 6 heteroatoms. The molecule has 0 radical (unpaired) electrons. The number of hydrogen-bond acceptors (Lipinski definition) is 5. The largest absolute Gasteiger partial charge is 0.506 e. The molecule has 0 aromatic rings. The molecule has 0 aliphatic carbocycles. The average molecular weight is 190 g/mol. The third-order valence-corrected chi connectivity index (χ3v) is 1.66. The molecule has 1 aliphatic heterocycles. The highest BCUT2D eigenvalue weighted by atomic mass is 16.7. The molecular weight excluding hydrogens is 180 g/mol. The number of carbonyl (C=O) groups is 1. The quantitative estimate of drug-likeness (QED) is 0.499. The van der Waals surface area contributed by atoms with Crippen molar-refractivity contribution in [2.24, 2.45) is 0 Å². The van der Waals surface area contributed by atoms with Crippen molar-refractivity contribution in [1.82, 2.24) is 0 Å². The zero-order valence-corrected chi connectivity index (χ0v) is 6.66. The van der Waals surface area contributed by atoms with E-state index in [1.54, 1.807) is 0 Å². The molecule has 1 rings (SSSR count). The Labute approximate surface area is 74.0 Å². The molecule has 3 atom stereocenters. The first-order valence-electron chi connectivity index (χ1n) is 3.65. The van der Waals surface area contributed by atoms with E-state index in [1.807, 2.05) is 0 Å². The van der Waals surface area contributed by atoms with Crippen LogP contribution in [0.25, 0.3) is 0 Å². The van der Waals surface area contributed by atoms with Gasteiger partial charge in [0.25, 0.3) is 0 Å². The molecule has 0 amide bonds. The Kier molecular flexibility index (Phi) is 3.10. The van der Waals surface area contributed by atoms with Gasteiger partial charge < -0.3 is 24.8 Å². The summed E-state index contributed by atoms with van der Waals surface area (Å²) in [6.07, 6.45) is -2.01. The zero-order chi connectivity index (χ0) is 9.84. The lowest BCUT2D eigenvalue weighted by molar-refractivity contribution is -0.0898. The molecule has 0 aromatic carbocycles. The average Bonchev–Trinajstić information content (AvgIpc) is 2.08. The summed E-state index contributed by atoms with van der Waals surface area (Å²) in [7, 11) is 0. The molecule has 0 bridgehead atoms. The summed E-state index contributed by atoms with van der Waals surface area (Å²) in [5.41, 5.74) is 0. The summed E-state index contributed by atoms with van der Waals surface area (Å²) in [5.74, 6) is 0. The molecule has 74 valence electrons. The molecule has 1 heterocycles. The van der Waals surface area contributed by atoms with E-state index in [0.29, 0.717) is 0 Å². The highest BCUT2D eigenvalue weighted by Gasteiger charge is 2.32. The Morgan fingerprint density at radius 3 is 2.85 bits per heavy atom. The Hall–Kier alpha value is -1.27. The van der Waals surface area contributed by atoms with Gasteiger partial charge in [0.05, 0.1) is 12.9 Å². The van der Waals surface area contributed by atoms with Crippen LogP contribution < -0.4 is 0 Å². The van der Waals surface area contributed by atoms with E-state index in [1.165, 1.54) is 12.3 Å².